The lowest BCUT2D eigenvalue weighted by molar-refractivity contribution is -0.384. The van der Waals surface area contributed by atoms with Crippen molar-refractivity contribution in [2.75, 3.05) is 4.90 Å². The number of nitro groups is 1. The van der Waals surface area contributed by atoms with Crippen molar-refractivity contribution in [2.24, 2.45) is 11.8 Å². The Kier molecular flexibility index (Phi) is 3.96. The normalized spacial score (nSPS) is 25.2. The lowest BCUT2D eigenvalue weighted by atomic mass is 9.89. The first-order valence-corrected chi connectivity index (χ1v) is 8.77. The minimum Gasteiger partial charge on any atom is -0.304 e. The van der Waals surface area contributed by atoms with Crippen LogP contribution >= 0.6 is 11.6 Å². The van der Waals surface area contributed by atoms with E-state index in [9.17, 15) is 14.9 Å². The highest BCUT2D eigenvalue weighted by Gasteiger charge is 2.50. The molecule has 2 aromatic carbocycles. The molecule has 1 heterocycles. The molecule has 2 aliphatic rings. The van der Waals surface area contributed by atoms with E-state index in [1.165, 1.54) is 12.1 Å². The molecule has 3 unspecified atom stereocenters. The number of non-ortho nitro benzene ring substituents is 1. The van der Waals surface area contributed by atoms with Crippen LogP contribution in [-0.2, 0) is 4.79 Å². The van der Waals surface area contributed by atoms with Gasteiger partial charge < -0.3 is 4.90 Å². The number of halogens is 1. The number of nitro benzene ring substituents is 1. The highest BCUT2D eigenvalue weighted by atomic mass is 35.5. The molecule has 1 aliphatic heterocycles. The van der Waals surface area contributed by atoms with Crippen LogP contribution in [0.1, 0.15) is 30.9 Å². The van der Waals surface area contributed by atoms with Crippen LogP contribution in [-0.4, -0.2) is 10.8 Å². The lowest BCUT2D eigenvalue weighted by Crippen LogP contribution is -2.30. The van der Waals surface area contributed by atoms with E-state index >= 15 is 0 Å². The second-order valence-electron chi connectivity index (χ2n) is 6.68. The fourth-order valence-electron chi connectivity index (χ4n) is 4.26. The van der Waals surface area contributed by atoms with Crippen molar-refractivity contribution in [1.29, 1.82) is 0 Å². The predicted molar refractivity (Wildman–Crippen MR) is 95.6 cm³/mol. The molecule has 2 fully saturated rings. The van der Waals surface area contributed by atoms with Crippen LogP contribution < -0.4 is 4.90 Å². The molecule has 25 heavy (non-hydrogen) atoms. The van der Waals surface area contributed by atoms with Crippen LogP contribution in [0.15, 0.2) is 48.5 Å². The fourth-order valence-corrected chi connectivity index (χ4v) is 4.39. The molecule has 1 amide bonds. The largest absolute Gasteiger partial charge is 0.304 e. The first kappa shape index (κ1) is 16.1. The number of nitrogens with zero attached hydrogens (tertiary/aromatic N) is 2. The number of hydrogen-bond donors (Lipinski definition) is 0. The van der Waals surface area contributed by atoms with Crippen LogP contribution in [0.2, 0.25) is 5.02 Å². The summed E-state index contributed by atoms with van der Waals surface area (Å²) in [7, 11) is 0. The average Bonchev–Trinajstić information content (AvgIpc) is 3.18. The van der Waals surface area contributed by atoms with Gasteiger partial charge in [0.2, 0.25) is 5.91 Å². The van der Waals surface area contributed by atoms with Crippen LogP contribution in [0.5, 0.6) is 0 Å². The number of hydrogen-bond acceptors (Lipinski definition) is 3. The van der Waals surface area contributed by atoms with E-state index in [1.807, 2.05) is 29.2 Å². The van der Waals surface area contributed by atoms with Crippen molar-refractivity contribution in [3.05, 3.63) is 69.2 Å². The van der Waals surface area contributed by atoms with Gasteiger partial charge in [0.15, 0.2) is 0 Å². The summed E-state index contributed by atoms with van der Waals surface area (Å²) in [5, 5.41) is 11.6. The molecule has 1 saturated heterocycles. The van der Waals surface area contributed by atoms with E-state index in [1.54, 1.807) is 12.1 Å². The molecule has 3 atom stereocenters. The molecule has 0 N–H and O–H groups in total. The third-order valence-corrected chi connectivity index (χ3v) is 5.61. The maximum absolute atomic E-state index is 13.0. The van der Waals surface area contributed by atoms with E-state index in [0.717, 1.165) is 24.8 Å². The fraction of sp³-hybridized carbons (Fsp3) is 0.316. The molecule has 128 valence electrons. The Balaban J connectivity index is 1.76. The Morgan fingerprint density at radius 2 is 1.72 bits per heavy atom. The Morgan fingerprint density at radius 1 is 1.04 bits per heavy atom. The monoisotopic (exact) mass is 356 g/mol. The standard InChI is InChI=1S/C19H17ClN2O3/c20-13-6-4-12(5-7-13)18-16-2-1-3-17(16)19(23)21(18)14-8-10-15(11-9-14)22(24)25/h4-11,16-18H,1-3H2. The zero-order valence-electron chi connectivity index (χ0n) is 13.5. The van der Waals surface area contributed by atoms with E-state index < -0.39 is 4.92 Å². The number of carbonyl (C=O) groups is 1. The highest BCUT2D eigenvalue weighted by molar-refractivity contribution is 6.30. The summed E-state index contributed by atoms with van der Waals surface area (Å²) in [5.74, 6) is 0.441. The van der Waals surface area contributed by atoms with Gasteiger partial charge in [-0.1, -0.05) is 30.2 Å². The van der Waals surface area contributed by atoms with Crippen molar-refractivity contribution >= 4 is 28.9 Å². The summed E-state index contributed by atoms with van der Waals surface area (Å²) in [6.07, 6.45) is 3.00. The molecule has 0 spiro atoms. The van der Waals surface area contributed by atoms with Gasteiger partial charge in [0.05, 0.1) is 11.0 Å². The zero-order chi connectivity index (χ0) is 17.6. The summed E-state index contributed by atoms with van der Waals surface area (Å²) in [5.41, 5.74) is 1.80. The molecular formula is C19H17ClN2O3. The van der Waals surface area contributed by atoms with Crippen LogP contribution in [0.25, 0.3) is 0 Å². The number of carbonyl (C=O) groups excluding carboxylic acids is 1. The molecule has 0 aromatic heterocycles. The summed E-state index contributed by atoms with van der Waals surface area (Å²) >= 11 is 6.01. The third kappa shape index (κ3) is 2.68. The van der Waals surface area contributed by atoms with E-state index in [0.29, 0.717) is 10.7 Å². The average molecular weight is 357 g/mol. The summed E-state index contributed by atoms with van der Waals surface area (Å²) < 4.78 is 0. The Morgan fingerprint density at radius 3 is 2.36 bits per heavy atom. The van der Waals surface area contributed by atoms with Crippen molar-refractivity contribution in [3.8, 4) is 0 Å². The quantitative estimate of drug-likeness (QED) is 0.588. The van der Waals surface area contributed by atoms with Gasteiger partial charge in [-0.25, -0.2) is 0 Å². The van der Waals surface area contributed by atoms with Gasteiger partial charge in [-0.2, -0.15) is 0 Å². The van der Waals surface area contributed by atoms with Gasteiger partial charge in [-0.05, 0) is 48.6 Å². The van der Waals surface area contributed by atoms with Crippen LogP contribution in [0.3, 0.4) is 0 Å². The zero-order valence-corrected chi connectivity index (χ0v) is 14.2. The second-order valence-corrected chi connectivity index (χ2v) is 7.12. The van der Waals surface area contributed by atoms with Gasteiger partial charge >= 0.3 is 0 Å². The molecule has 1 saturated carbocycles. The molecular weight excluding hydrogens is 340 g/mol. The third-order valence-electron chi connectivity index (χ3n) is 5.36. The van der Waals surface area contributed by atoms with Crippen molar-refractivity contribution in [2.45, 2.75) is 25.3 Å². The SMILES string of the molecule is O=C1C2CCCC2C(c2ccc(Cl)cc2)N1c1ccc([N+](=O)[O-])cc1. The second kappa shape index (κ2) is 6.15. The highest BCUT2D eigenvalue weighted by Crippen LogP contribution is 2.51. The maximum Gasteiger partial charge on any atom is 0.269 e. The summed E-state index contributed by atoms with van der Waals surface area (Å²) in [6, 6.07) is 13.8. The van der Waals surface area contributed by atoms with Gasteiger partial charge in [0.25, 0.3) is 5.69 Å². The van der Waals surface area contributed by atoms with Gasteiger partial charge in [0.1, 0.15) is 0 Å². The Bertz CT molecular complexity index is 820. The summed E-state index contributed by atoms with van der Waals surface area (Å²) in [6.45, 7) is 0. The first-order valence-electron chi connectivity index (χ1n) is 8.39. The molecule has 0 bridgehead atoms. The van der Waals surface area contributed by atoms with Crippen molar-refractivity contribution in [3.63, 3.8) is 0 Å². The lowest BCUT2D eigenvalue weighted by Gasteiger charge is -2.28. The molecule has 4 rings (SSSR count). The van der Waals surface area contributed by atoms with E-state index in [-0.39, 0.29) is 29.5 Å². The Hall–Kier alpha value is -2.40. The molecule has 2 aromatic rings. The number of fused-ring (bicyclic) bond motifs is 1. The number of rotatable bonds is 3. The van der Waals surface area contributed by atoms with Gasteiger partial charge in [-0.3, -0.25) is 14.9 Å². The smallest absolute Gasteiger partial charge is 0.269 e. The van der Waals surface area contributed by atoms with Gasteiger partial charge in [0, 0.05) is 28.8 Å². The maximum atomic E-state index is 13.0. The Labute approximate surface area is 150 Å². The number of benzene rings is 2. The minimum atomic E-state index is -0.430. The number of anilines is 1. The predicted octanol–water partition coefficient (Wildman–Crippen LogP) is 4.75. The molecule has 6 heteroatoms. The van der Waals surface area contributed by atoms with E-state index in [2.05, 4.69) is 0 Å². The van der Waals surface area contributed by atoms with Crippen molar-refractivity contribution in [1.82, 2.24) is 0 Å². The summed E-state index contributed by atoms with van der Waals surface area (Å²) in [4.78, 5) is 25.3. The minimum absolute atomic E-state index is 0.0265. The molecule has 1 aliphatic carbocycles. The topological polar surface area (TPSA) is 63.5 Å². The van der Waals surface area contributed by atoms with Crippen LogP contribution in [0.4, 0.5) is 11.4 Å². The number of amides is 1. The van der Waals surface area contributed by atoms with E-state index in [4.69, 9.17) is 11.6 Å². The van der Waals surface area contributed by atoms with Crippen LogP contribution in [0, 0.1) is 22.0 Å². The van der Waals surface area contributed by atoms with Crippen molar-refractivity contribution < 1.29 is 9.72 Å². The molecule has 5 nitrogen and oxygen atoms in total. The van der Waals surface area contributed by atoms with Gasteiger partial charge in [-0.15, -0.1) is 0 Å². The first-order chi connectivity index (χ1) is 12.1. The molecule has 0 radical (unpaired) electrons.